The molecule has 1 aromatic heterocycles. The molecule has 218 valence electrons. The summed E-state index contributed by atoms with van der Waals surface area (Å²) >= 11 is 1.95. The Kier molecular flexibility index (Phi) is 5.83. The molecule has 0 bridgehead atoms. The number of hydrogen-bond acceptors (Lipinski definition) is 3. The van der Waals surface area contributed by atoms with E-state index >= 15 is 0 Å². The highest BCUT2D eigenvalue weighted by Gasteiger charge is 2.44. The topological polar surface area (TPSA) is 6.48 Å². The molecule has 3 heterocycles. The van der Waals surface area contributed by atoms with Crippen molar-refractivity contribution < 1.29 is 0 Å². The van der Waals surface area contributed by atoms with Gasteiger partial charge in [0.25, 0.3) is 6.71 Å². The van der Waals surface area contributed by atoms with Crippen LogP contribution in [0, 0.1) is 0 Å². The minimum atomic E-state index is 0.162. The lowest BCUT2D eigenvalue weighted by molar-refractivity contribution is 0.686. The summed E-state index contributed by atoms with van der Waals surface area (Å²) < 4.78 is 2.75. The predicted molar refractivity (Wildman–Crippen MR) is 198 cm³/mol. The van der Waals surface area contributed by atoms with Crippen molar-refractivity contribution in [2.45, 2.75) is 25.7 Å². The lowest BCUT2D eigenvalue weighted by Crippen LogP contribution is -2.60. The summed E-state index contributed by atoms with van der Waals surface area (Å²) in [6.07, 6.45) is 5.01. The van der Waals surface area contributed by atoms with Crippen LogP contribution in [-0.4, -0.2) is 6.71 Å². The molecule has 6 aromatic carbocycles. The molecule has 0 fully saturated rings. The van der Waals surface area contributed by atoms with Gasteiger partial charge in [-0.2, -0.15) is 0 Å². The predicted octanol–water partition coefficient (Wildman–Crippen LogP) is 9.53. The van der Waals surface area contributed by atoms with Gasteiger partial charge in [0.15, 0.2) is 0 Å². The molecule has 0 unspecified atom stereocenters. The van der Waals surface area contributed by atoms with Crippen LogP contribution < -0.4 is 25.5 Å². The van der Waals surface area contributed by atoms with Gasteiger partial charge in [0.1, 0.15) is 0 Å². The van der Waals surface area contributed by atoms with E-state index in [2.05, 4.69) is 149 Å². The zero-order valence-electron chi connectivity index (χ0n) is 25.5. The van der Waals surface area contributed by atoms with E-state index in [1.165, 1.54) is 108 Å². The third kappa shape index (κ3) is 3.83. The Morgan fingerprint density at radius 2 is 1.22 bits per heavy atom. The Labute approximate surface area is 274 Å². The molecule has 3 aliphatic rings. The second-order valence-corrected chi connectivity index (χ2v) is 13.8. The molecule has 0 spiro atoms. The second-order valence-electron chi connectivity index (χ2n) is 12.8. The van der Waals surface area contributed by atoms with Gasteiger partial charge < -0.3 is 9.80 Å². The molecule has 0 N–H and O–H groups in total. The van der Waals surface area contributed by atoms with Crippen molar-refractivity contribution in [3.8, 4) is 11.1 Å². The van der Waals surface area contributed by atoms with Crippen LogP contribution in [0.15, 0.2) is 140 Å². The standard InChI is InChI=1S/C42H31BN2S/c1-2-15-32(16-3-1)45-38-22-11-21-37-40(38)43(42-41(45)34-18-6-9-23-39(34)46-42)35-19-7-8-20-36(35)44(37)33-17-10-14-30(27-33)31-25-24-28-12-4-5-13-29(28)26-31/h1-3,6-11,14-27H,4-5,12-13H2. The zero-order chi connectivity index (χ0) is 30.2. The fourth-order valence-electron chi connectivity index (χ4n) is 8.18. The first kappa shape index (κ1) is 26.2. The fraction of sp³-hybridized carbons (Fsp3) is 0.0952. The Balaban J connectivity index is 1.21. The van der Waals surface area contributed by atoms with E-state index in [0.717, 1.165) is 0 Å². The molecule has 2 aliphatic heterocycles. The minimum Gasteiger partial charge on any atom is -0.311 e. The Hall–Kier alpha value is -5.06. The molecule has 0 saturated heterocycles. The number of aryl methyl sites for hydroxylation is 2. The second kappa shape index (κ2) is 10.2. The maximum absolute atomic E-state index is 2.51. The van der Waals surface area contributed by atoms with Gasteiger partial charge in [-0.25, -0.2) is 0 Å². The molecule has 7 aromatic rings. The van der Waals surface area contributed by atoms with Gasteiger partial charge in [0.2, 0.25) is 0 Å². The lowest BCUT2D eigenvalue weighted by atomic mass is 9.36. The van der Waals surface area contributed by atoms with Gasteiger partial charge in [-0.15, -0.1) is 11.3 Å². The fourth-order valence-corrected chi connectivity index (χ4v) is 9.50. The van der Waals surface area contributed by atoms with Crippen molar-refractivity contribution in [1.82, 2.24) is 0 Å². The summed E-state index contributed by atoms with van der Waals surface area (Å²) in [5, 5.41) is 1.32. The largest absolute Gasteiger partial charge is 0.311 e. The maximum atomic E-state index is 2.51. The molecule has 0 saturated carbocycles. The average Bonchev–Trinajstić information content (AvgIpc) is 3.51. The number of thiophene rings is 1. The van der Waals surface area contributed by atoms with Crippen LogP contribution in [0.4, 0.5) is 34.1 Å². The van der Waals surface area contributed by atoms with E-state index in [0.29, 0.717) is 0 Å². The number of rotatable bonds is 3. The molecular formula is C42H31BN2S. The van der Waals surface area contributed by atoms with E-state index in [9.17, 15) is 0 Å². The van der Waals surface area contributed by atoms with Crippen LogP contribution in [0.25, 0.3) is 21.2 Å². The van der Waals surface area contributed by atoms with E-state index in [1.807, 2.05) is 11.3 Å². The summed E-state index contributed by atoms with van der Waals surface area (Å²) in [6, 6.07) is 52.1. The monoisotopic (exact) mass is 606 g/mol. The molecule has 1 aliphatic carbocycles. The van der Waals surface area contributed by atoms with Gasteiger partial charge in [-0.1, -0.05) is 91.0 Å². The summed E-state index contributed by atoms with van der Waals surface area (Å²) in [4.78, 5) is 5.02. The molecule has 4 heteroatoms. The van der Waals surface area contributed by atoms with E-state index in [4.69, 9.17) is 0 Å². The SMILES string of the molecule is c1ccc(N2c3cccc4c3B(c3ccccc3N4c3cccc(-c4ccc5c(c4)CCCC5)c3)c3sc4ccccc4c32)cc1. The third-order valence-corrected chi connectivity index (χ3v) is 11.4. The van der Waals surface area contributed by atoms with E-state index < -0.39 is 0 Å². The van der Waals surface area contributed by atoms with Crippen LogP contribution in [0.5, 0.6) is 0 Å². The van der Waals surface area contributed by atoms with Crippen molar-refractivity contribution in [2.24, 2.45) is 0 Å². The maximum Gasteiger partial charge on any atom is 0.264 e. The van der Waals surface area contributed by atoms with Gasteiger partial charge in [0, 0.05) is 43.3 Å². The number of fused-ring (bicyclic) bond motifs is 7. The first-order valence-corrected chi connectivity index (χ1v) is 17.3. The highest BCUT2D eigenvalue weighted by molar-refractivity contribution is 7.33. The Morgan fingerprint density at radius 3 is 2.13 bits per heavy atom. The first-order chi connectivity index (χ1) is 22.8. The average molecular weight is 607 g/mol. The van der Waals surface area contributed by atoms with Crippen LogP contribution >= 0.6 is 11.3 Å². The molecule has 0 atom stereocenters. The van der Waals surface area contributed by atoms with Gasteiger partial charge >= 0.3 is 0 Å². The Bertz CT molecular complexity index is 2310. The van der Waals surface area contributed by atoms with Crippen LogP contribution in [-0.2, 0) is 12.8 Å². The summed E-state index contributed by atoms with van der Waals surface area (Å²) in [7, 11) is 0. The molecule has 0 amide bonds. The smallest absolute Gasteiger partial charge is 0.264 e. The molecule has 2 nitrogen and oxygen atoms in total. The van der Waals surface area contributed by atoms with Gasteiger partial charge in [0.05, 0.1) is 5.69 Å². The van der Waals surface area contributed by atoms with Crippen molar-refractivity contribution in [3.05, 3.63) is 151 Å². The van der Waals surface area contributed by atoms with Crippen molar-refractivity contribution >= 4 is 78.0 Å². The zero-order valence-corrected chi connectivity index (χ0v) is 26.3. The van der Waals surface area contributed by atoms with Crippen molar-refractivity contribution in [2.75, 3.05) is 9.80 Å². The summed E-state index contributed by atoms with van der Waals surface area (Å²) in [6.45, 7) is 0.162. The third-order valence-electron chi connectivity index (χ3n) is 10.2. The number of anilines is 6. The molecule has 10 rings (SSSR count). The Morgan fingerprint density at radius 1 is 0.522 bits per heavy atom. The van der Waals surface area contributed by atoms with Gasteiger partial charge in [-0.05, 0) is 107 Å². The number of hydrogen-bond donors (Lipinski definition) is 0. The lowest BCUT2D eigenvalue weighted by Gasteiger charge is -2.43. The highest BCUT2D eigenvalue weighted by Crippen LogP contribution is 2.47. The molecular weight excluding hydrogens is 575 g/mol. The normalized spacial score (nSPS) is 14.5. The molecule has 46 heavy (non-hydrogen) atoms. The quantitative estimate of drug-likeness (QED) is 0.185. The number of para-hydroxylation sites is 2. The minimum absolute atomic E-state index is 0.162. The van der Waals surface area contributed by atoms with Crippen LogP contribution in [0.1, 0.15) is 24.0 Å². The number of nitrogens with zero attached hydrogens (tertiary/aromatic N) is 2. The molecule has 0 radical (unpaired) electrons. The summed E-state index contributed by atoms with van der Waals surface area (Å²) in [5.41, 5.74) is 15.9. The van der Waals surface area contributed by atoms with Crippen molar-refractivity contribution in [1.29, 1.82) is 0 Å². The van der Waals surface area contributed by atoms with E-state index in [-0.39, 0.29) is 6.71 Å². The van der Waals surface area contributed by atoms with E-state index in [1.54, 1.807) is 0 Å². The summed E-state index contributed by atoms with van der Waals surface area (Å²) in [5.74, 6) is 0. The van der Waals surface area contributed by atoms with Crippen LogP contribution in [0.3, 0.4) is 0 Å². The van der Waals surface area contributed by atoms with Gasteiger partial charge in [-0.3, -0.25) is 0 Å². The highest BCUT2D eigenvalue weighted by atomic mass is 32.1. The van der Waals surface area contributed by atoms with Crippen molar-refractivity contribution in [3.63, 3.8) is 0 Å². The number of benzene rings is 6. The van der Waals surface area contributed by atoms with Crippen LogP contribution in [0.2, 0.25) is 0 Å². The first-order valence-electron chi connectivity index (χ1n) is 16.4.